The average molecular weight is 250 g/mol. The summed E-state index contributed by atoms with van der Waals surface area (Å²) in [5.74, 6) is 0. The van der Waals surface area contributed by atoms with Crippen LogP contribution in [0.3, 0.4) is 0 Å². The van der Waals surface area contributed by atoms with Gasteiger partial charge in [0.15, 0.2) is 0 Å². The number of nitrogens with two attached hydrogens (primary N) is 1. The Morgan fingerprint density at radius 1 is 1.31 bits per heavy atom. The Morgan fingerprint density at radius 3 is 1.94 bits per heavy atom. The Bertz CT molecular complexity index is 217. The summed E-state index contributed by atoms with van der Waals surface area (Å²) in [4.78, 5) is 14.2. The van der Waals surface area contributed by atoms with Crippen molar-refractivity contribution >= 4 is 8.25 Å². The van der Waals surface area contributed by atoms with E-state index in [2.05, 4.69) is 27.7 Å². The highest BCUT2D eigenvalue weighted by molar-refractivity contribution is 7.30. The maximum atomic E-state index is 8.70. The van der Waals surface area contributed by atoms with Crippen molar-refractivity contribution in [3.8, 4) is 0 Å². The minimum atomic E-state index is -2.87. The van der Waals surface area contributed by atoms with Gasteiger partial charge in [0.25, 0.3) is 0 Å². The van der Waals surface area contributed by atoms with Crippen LogP contribution in [-0.2, 0) is 4.57 Å². The predicted octanol–water partition coefficient (Wildman–Crippen LogP) is 2.88. The molecule has 96 valence electrons. The molecule has 4 N–H and O–H groups in total. The van der Waals surface area contributed by atoms with Crippen molar-refractivity contribution in [2.24, 2.45) is 5.73 Å². The second kappa shape index (κ2) is 11.2. The lowest BCUT2D eigenvalue weighted by atomic mass is 9.99. The molecule has 1 unspecified atom stereocenters. The van der Waals surface area contributed by atoms with Gasteiger partial charge >= 0.3 is 8.25 Å². The fourth-order valence-corrected chi connectivity index (χ4v) is 1.47. The predicted molar refractivity (Wildman–Crippen MR) is 68.2 cm³/mol. The molecule has 0 saturated heterocycles. The van der Waals surface area contributed by atoms with Gasteiger partial charge in [-0.25, -0.2) is 0 Å². The van der Waals surface area contributed by atoms with Crippen LogP contribution in [0.5, 0.6) is 0 Å². The molecule has 16 heavy (non-hydrogen) atoms. The minimum Gasteiger partial charge on any atom is -0.328 e. The molecule has 0 radical (unpaired) electrons. The van der Waals surface area contributed by atoms with Crippen molar-refractivity contribution in [1.82, 2.24) is 0 Å². The van der Waals surface area contributed by atoms with Gasteiger partial charge < -0.3 is 5.73 Å². The van der Waals surface area contributed by atoms with E-state index < -0.39 is 8.25 Å². The van der Waals surface area contributed by atoms with Gasteiger partial charge in [0.05, 0.1) is 0 Å². The summed E-state index contributed by atoms with van der Waals surface area (Å²) in [6.45, 7) is 8.78. The summed E-state index contributed by atoms with van der Waals surface area (Å²) in [5.41, 5.74) is 8.86. The summed E-state index contributed by atoms with van der Waals surface area (Å²) in [5, 5.41) is 0. The Labute approximate surface area is 99.5 Å². The molecule has 4 nitrogen and oxygen atoms in total. The van der Waals surface area contributed by atoms with Crippen LogP contribution in [0.2, 0.25) is 0 Å². The minimum absolute atomic E-state index is 0.343. The van der Waals surface area contributed by atoms with Gasteiger partial charge in [0, 0.05) is 10.6 Å². The SMILES string of the molecule is CCC(CC)=C(C)CCC(C)N.O=[P+](O)O. The van der Waals surface area contributed by atoms with Gasteiger partial charge in [-0.05, 0) is 39.5 Å². The molecule has 0 amide bonds. The quantitative estimate of drug-likeness (QED) is 0.517. The largest absolute Gasteiger partial charge is 0.692 e. The molecule has 0 spiro atoms. The molecule has 0 aromatic rings. The first-order valence-electron chi connectivity index (χ1n) is 5.63. The summed E-state index contributed by atoms with van der Waals surface area (Å²) in [6, 6.07) is 0.343. The fraction of sp³-hybridized carbons (Fsp3) is 0.818. The third-order valence-corrected chi connectivity index (χ3v) is 2.43. The first-order valence-corrected chi connectivity index (χ1v) is 6.79. The smallest absolute Gasteiger partial charge is 0.328 e. The van der Waals surface area contributed by atoms with Crippen LogP contribution in [0, 0.1) is 0 Å². The van der Waals surface area contributed by atoms with Crippen molar-refractivity contribution in [3.63, 3.8) is 0 Å². The maximum Gasteiger partial charge on any atom is 0.692 e. The molecule has 0 aliphatic carbocycles. The Hall–Kier alpha value is -0.280. The molecule has 0 aliphatic heterocycles. The van der Waals surface area contributed by atoms with E-state index in [1.165, 1.54) is 19.3 Å². The highest BCUT2D eigenvalue weighted by atomic mass is 31.1. The van der Waals surface area contributed by atoms with Crippen molar-refractivity contribution in [1.29, 1.82) is 0 Å². The molecule has 0 aromatic carbocycles. The second-order valence-electron chi connectivity index (χ2n) is 3.86. The Morgan fingerprint density at radius 2 is 1.69 bits per heavy atom. The molecule has 5 heteroatoms. The number of hydrogen-bond donors (Lipinski definition) is 3. The fourth-order valence-electron chi connectivity index (χ4n) is 1.47. The molecular weight excluding hydrogens is 225 g/mol. The highest BCUT2D eigenvalue weighted by Crippen LogP contribution is 2.17. The molecule has 0 aromatic heterocycles. The van der Waals surface area contributed by atoms with Crippen LogP contribution in [0.1, 0.15) is 53.4 Å². The summed E-state index contributed by atoms with van der Waals surface area (Å²) in [7, 11) is -2.87. The van der Waals surface area contributed by atoms with Gasteiger partial charge in [-0.3, -0.25) is 0 Å². The van der Waals surface area contributed by atoms with Gasteiger partial charge in [0.1, 0.15) is 0 Å². The van der Waals surface area contributed by atoms with Crippen LogP contribution >= 0.6 is 8.25 Å². The lowest BCUT2D eigenvalue weighted by molar-refractivity contribution is 0.405. The molecule has 0 aliphatic rings. The van der Waals surface area contributed by atoms with E-state index in [0.717, 1.165) is 6.42 Å². The first kappa shape index (κ1) is 18.1. The van der Waals surface area contributed by atoms with Gasteiger partial charge in [-0.2, -0.15) is 0 Å². The van der Waals surface area contributed by atoms with Crippen molar-refractivity contribution in [3.05, 3.63) is 11.1 Å². The van der Waals surface area contributed by atoms with Gasteiger partial charge in [-0.15, -0.1) is 9.79 Å². The van der Waals surface area contributed by atoms with E-state index in [9.17, 15) is 0 Å². The van der Waals surface area contributed by atoms with Crippen LogP contribution in [-0.4, -0.2) is 15.8 Å². The Balaban J connectivity index is 0. The van der Waals surface area contributed by atoms with Gasteiger partial charge in [0.2, 0.25) is 0 Å². The third-order valence-electron chi connectivity index (χ3n) is 2.43. The van der Waals surface area contributed by atoms with Gasteiger partial charge in [-0.1, -0.05) is 25.0 Å². The molecule has 0 rings (SSSR count). The van der Waals surface area contributed by atoms with Crippen molar-refractivity contribution < 1.29 is 14.4 Å². The topological polar surface area (TPSA) is 83.6 Å². The van der Waals surface area contributed by atoms with Crippen LogP contribution in [0.15, 0.2) is 11.1 Å². The van der Waals surface area contributed by atoms with Crippen LogP contribution in [0.4, 0.5) is 0 Å². The zero-order valence-corrected chi connectivity index (χ0v) is 11.6. The van der Waals surface area contributed by atoms with Crippen LogP contribution in [0.25, 0.3) is 0 Å². The van der Waals surface area contributed by atoms with Crippen LogP contribution < -0.4 is 5.73 Å². The monoisotopic (exact) mass is 250 g/mol. The standard InChI is InChI=1S/C11H23N.HO3P/c1-5-11(6-2)9(3)7-8-10(4)12;1-4(2)3/h10H,5-8,12H2,1-4H3;(H-,1,2,3)/p+1. The lowest BCUT2D eigenvalue weighted by Gasteiger charge is -2.09. The molecular formula is C11H25NO3P+. The molecule has 0 heterocycles. The Kier molecular flexibility index (Phi) is 12.7. The third kappa shape index (κ3) is 13.7. The van der Waals surface area contributed by atoms with E-state index >= 15 is 0 Å². The number of allylic oxidation sites excluding steroid dienone is 2. The highest BCUT2D eigenvalue weighted by Gasteiger charge is 2.00. The van der Waals surface area contributed by atoms with E-state index in [0.29, 0.717) is 6.04 Å². The number of rotatable bonds is 5. The second-order valence-corrected chi connectivity index (χ2v) is 4.37. The van der Waals surface area contributed by atoms with Crippen molar-refractivity contribution in [2.75, 3.05) is 0 Å². The van der Waals surface area contributed by atoms with E-state index in [1.54, 1.807) is 11.1 Å². The zero-order chi connectivity index (χ0) is 13.1. The molecule has 0 saturated carbocycles. The number of hydrogen-bond acceptors (Lipinski definition) is 2. The average Bonchev–Trinajstić information content (AvgIpc) is 2.15. The van der Waals surface area contributed by atoms with E-state index in [4.69, 9.17) is 20.1 Å². The van der Waals surface area contributed by atoms with Crippen molar-refractivity contribution in [2.45, 2.75) is 59.4 Å². The lowest BCUT2D eigenvalue weighted by Crippen LogP contribution is -2.14. The summed E-state index contributed by atoms with van der Waals surface area (Å²) >= 11 is 0. The molecule has 0 fully saturated rings. The molecule has 1 atom stereocenters. The first-order chi connectivity index (χ1) is 7.34. The zero-order valence-electron chi connectivity index (χ0n) is 10.7. The summed E-state index contributed by atoms with van der Waals surface area (Å²) in [6.07, 6.45) is 4.69. The van der Waals surface area contributed by atoms with E-state index in [1.807, 2.05) is 0 Å². The van der Waals surface area contributed by atoms with E-state index in [-0.39, 0.29) is 0 Å². The normalized spacial score (nSPS) is 11.2. The molecule has 0 bridgehead atoms. The summed E-state index contributed by atoms with van der Waals surface area (Å²) < 4.78 is 8.70. The maximum absolute atomic E-state index is 8.70.